The maximum Gasteiger partial charge on any atom is 0.303 e. The monoisotopic (exact) mass is 664 g/mol. The largest absolute Gasteiger partial charge is 0.406 e. The molecule has 2 saturated heterocycles. The van der Waals surface area contributed by atoms with Crippen molar-refractivity contribution in [3.8, 4) is 5.75 Å². The Morgan fingerprint density at radius 1 is 1.13 bits per heavy atom. The smallest absolute Gasteiger partial charge is 0.303 e. The molecule has 2 atom stereocenters. The summed E-state index contributed by atoms with van der Waals surface area (Å²) in [5, 5.41) is 7.55. The molecule has 2 aromatic carbocycles. The number of carbonyl (C=O) groups excluding carboxylic acids is 3. The summed E-state index contributed by atoms with van der Waals surface area (Å²) in [4.78, 5) is 41.0. The summed E-state index contributed by atoms with van der Waals surface area (Å²) in [5.74, 6) is -0.916. The first-order valence-electron chi connectivity index (χ1n) is 14.3. The number of carbonyl (C=O) groups is 3. The SMILES string of the molecule is CCCCC(=O)NS(=O)(=O)C1CCC[N+]12C(=CC=CC=CC=C1C(=O)NC(=S)NC1=O)Oc1ccc3cccc(N=C=S)c3c12. The predicted octanol–water partition coefficient (Wildman–Crippen LogP) is 4.44. The van der Waals surface area contributed by atoms with Gasteiger partial charge in [0.1, 0.15) is 5.57 Å². The van der Waals surface area contributed by atoms with Crippen molar-refractivity contribution in [1.82, 2.24) is 19.8 Å². The molecule has 45 heavy (non-hydrogen) atoms. The Bertz CT molecular complexity index is 1870. The number of nitrogens with one attached hydrogen (secondary N) is 3. The second kappa shape index (κ2) is 13.3. The fourth-order valence-electron chi connectivity index (χ4n) is 5.85. The molecule has 14 heteroatoms. The van der Waals surface area contributed by atoms with E-state index in [9.17, 15) is 22.8 Å². The molecule has 0 bridgehead atoms. The van der Waals surface area contributed by atoms with E-state index < -0.39 is 33.1 Å². The fourth-order valence-corrected chi connectivity index (χ4v) is 7.96. The number of fused-ring (bicyclic) bond motifs is 4. The minimum atomic E-state index is -4.16. The number of sulfonamides is 1. The number of quaternary nitrogens is 1. The van der Waals surface area contributed by atoms with E-state index in [2.05, 4.69) is 25.5 Å². The normalized spacial score (nSPS) is 22.1. The molecule has 11 nitrogen and oxygen atoms in total. The lowest BCUT2D eigenvalue weighted by molar-refractivity contribution is -0.123. The van der Waals surface area contributed by atoms with Crippen LogP contribution in [-0.2, 0) is 24.4 Å². The van der Waals surface area contributed by atoms with Gasteiger partial charge in [-0.15, -0.1) is 0 Å². The van der Waals surface area contributed by atoms with E-state index in [1.54, 1.807) is 36.4 Å². The zero-order valence-corrected chi connectivity index (χ0v) is 26.7. The highest BCUT2D eigenvalue weighted by Crippen LogP contribution is 2.56. The number of thiocarbonyl (C=S) groups is 2. The van der Waals surface area contributed by atoms with Crippen molar-refractivity contribution in [3.05, 3.63) is 78.2 Å². The lowest BCUT2D eigenvalue weighted by atomic mass is 10.0. The van der Waals surface area contributed by atoms with Crippen molar-refractivity contribution in [1.29, 1.82) is 0 Å². The van der Waals surface area contributed by atoms with Gasteiger partial charge in [0.15, 0.2) is 16.5 Å². The molecule has 0 aromatic heterocycles. The topological polar surface area (TPSA) is 143 Å². The predicted molar refractivity (Wildman–Crippen MR) is 179 cm³/mol. The minimum Gasteiger partial charge on any atom is -0.406 e. The van der Waals surface area contributed by atoms with E-state index in [-0.39, 0.29) is 28.0 Å². The number of hydrogen-bond donors (Lipinski definition) is 3. The second-order valence-corrected chi connectivity index (χ2v) is 13.0. The fraction of sp³-hybridized carbons (Fsp3) is 0.258. The number of allylic oxidation sites excluding steroid dienone is 6. The summed E-state index contributed by atoms with van der Waals surface area (Å²) in [7, 11) is -4.16. The second-order valence-electron chi connectivity index (χ2n) is 10.5. The van der Waals surface area contributed by atoms with Gasteiger partial charge in [-0.2, -0.15) is 4.99 Å². The quantitative estimate of drug-likeness (QED) is 0.0892. The Kier molecular flexibility index (Phi) is 9.51. The van der Waals surface area contributed by atoms with Crippen molar-refractivity contribution in [2.45, 2.75) is 44.4 Å². The summed E-state index contributed by atoms with van der Waals surface area (Å²) >= 11 is 9.72. The summed E-state index contributed by atoms with van der Waals surface area (Å²) in [6.07, 6.45) is 11.8. The number of aliphatic imine (C=N–C) groups is 1. The standard InChI is InChI=1S/C31H29N5O6S3/c1-2-3-13-24(37)35-45(40,41)26-15-9-18-36(26)25(14-7-5-4-6-11-21-29(38)33-31(44)34-30(21)39)42-23-17-16-20-10-8-12-22(32-19-43)27(20)28(23)36/h4-8,10-12,14,16-17,26H,2-3,9,13,15,18H2,1H3,(H2-,33,34,35,37,38,39,44)/p+1. The van der Waals surface area contributed by atoms with Crippen LogP contribution in [-0.4, -0.2) is 48.3 Å². The zero-order valence-electron chi connectivity index (χ0n) is 24.2. The Hall–Kier alpha value is -4.33. The Balaban J connectivity index is 1.57. The molecule has 232 valence electrons. The van der Waals surface area contributed by atoms with Crippen LogP contribution in [0, 0.1) is 0 Å². The minimum absolute atomic E-state index is 0.0519. The third-order valence-electron chi connectivity index (χ3n) is 7.74. The van der Waals surface area contributed by atoms with Crippen molar-refractivity contribution < 1.29 is 27.5 Å². The Morgan fingerprint density at radius 3 is 2.58 bits per heavy atom. The summed E-state index contributed by atoms with van der Waals surface area (Å²) in [6, 6.07) is 9.20. The lowest BCUT2D eigenvalue weighted by Gasteiger charge is -2.34. The first kappa shape index (κ1) is 32.1. The number of rotatable bonds is 9. The molecule has 3 amide bonds. The van der Waals surface area contributed by atoms with Gasteiger partial charge in [-0.1, -0.05) is 55.8 Å². The van der Waals surface area contributed by atoms with Crippen molar-refractivity contribution in [2.75, 3.05) is 6.54 Å². The van der Waals surface area contributed by atoms with Gasteiger partial charge in [-0.25, -0.2) is 17.6 Å². The third-order valence-corrected chi connectivity index (χ3v) is 9.86. The number of unbranched alkanes of at least 4 members (excludes halogenated alkanes) is 1. The highest BCUT2D eigenvalue weighted by atomic mass is 32.2. The average molecular weight is 665 g/mol. The van der Waals surface area contributed by atoms with Crippen LogP contribution < -0.4 is 24.6 Å². The number of isothiocyanates is 1. The molecule has 5 rings (SSSR count). The third kappa shape index (κ3) is 6.28. The molecule has 3 aliphatic heterocycles. The van der Waals surface area contributed by atoms with Gasteiger partial charge < -0.3 is 4.74 Å². The van der Waals surface area contributed by atoms with Crippen LogP contribution >= 0.6 is 24.4 Å². The first-order chi connectivity index (χ1) is 21.6. The molecular formula is C31H30N5O6S3+. The summed E-state index contributed by atoms with van der Waals surface area (Å²) < 4.78 is 36.4. The number of nitrogens with zero attached hydrogens (tertiary/aromatic N) is 2. The van der Waals surface area contributed by atoms with Crippen molar-refractivity contribution in [2.24, 2.45) is 4.99 Å². The van der Waals surface area contributed by atoms with Crippen LogP contribution in [0.25, 0.3) is 10.8 Å². The van der Waals surface area contributed by atoms with Crippen LogP contribution in [0.1, 0.15) is 39.0 Å². The van der Waals surface area contributed by atoms with E-state index in [0.717, 1.165) is 11.8 Å². The Morgan fingerprint density at radius 2 is 1.87 bits per heavy atom. The van der Waals surface area contributed by atoms with Crippen LogP contribution in [0.2, 0.25) is 0 Å². The average Bonchev–Trinajstić information content (AvgIpc) is 3.57. The number of ether oxygens (including phenoxy) is 1. The van der Waals surface area contributed by atoms with Gasteiger partial charge in [-0.05, 0) is 54.5 Å². The van der Waals surface area contributed by atoms with Gasteiger partial charge in [-0.3, -0.25) is 25.0 Å². The molecule has 2 aromatic rings. The summed E-state index contributed by atoms with van der Waals surface area (Å²) in [6.45, 7) is 2.32. The zero-order chi connectivity index (χ0) is 32.2. The van der Waals surface area contributed by atoms with Gasteiger partial charge >= 0.3 is 5.88 Å². The van der Waals surface area contributed by atoms with Crippen LogP contribution in [0.15, 0.2) is 83.2 Å². The molecule has 3 N–H and O–H groups in total. The number of hydrogen-bond acceptors (Lipinski definition) is 9. The van der Waals surface area contributed by atoms with Crippen LogP contribution in [0.4, 0.5) is 11.4 Å². The van der Waals surface area contributed by atoms with E-state index >= 15 is 0 Å². The van der Waals surface area contributed by atoms with Gasteiger partial charge in [0.25, 0.3) is 21.8 Å². The highest BCUT2D eigenvalue weighted by Gasteiger charge is 2.60. The molecule has 2 unspecified atom stereocenters. The highest BCUT2D eigenvalue weighted by molar-refractivity contribution is 7.90. The molecule has 0 saturated carbocycles. The number of benzene rings is 2. The van der Waals surface area contributed by atoms with E-state index in [4.69, 9.17) is 29.2 Å². The molecule has 3 heterocycles. The molecular weight excluding hydrogens is 635 g/mol. The van der Waals surface area contributed by atoms with E-state index in [1.165, 1.54) is 12.2 Å². The van der Waals surface area contributed by atoms with Crippen LogP contribution in [0.3, 0.4) is 0 Å². The first-order valence-corrected chi connectivity index (χ1v) is 16.7. The lowest BCUT2D eigenvalue weighted by Crippen LogP contribution is -2.57. The van der Waals surface area contributed by atoms with E-state index in [0.29, 0.717) is 47.8 Å². The molecule has 1 spiro atoms. The van der Waals surface area contributed by atoms with Gasteiger partial charge in [0.05, 0.1) is 22.8 Å². The van der Waals surface area contributed by atoms with Crippen molar-refractivity contribution in [3.63, 3.8) is 0 Å². The van der Waals surface area contributed by atoms with Crippen molar-refractivity contribution >= 4 is 84.6 Å². The van der Waals surface area contributed by atoms with Crippen LogP contribution in [0.5, 0.6) is 5.75 Å². The Labute approximate surface area is 271 Å². The number of amides is 3. The van der Waals surface area contributed by atoms with Gasteiger partial charge in [0, 0.05) is 25.3 Å². The maximum atomic E-state index is 13.9. The molecule has 0 aliphatic carbocycles. The maximum absolute atomic E-state index is 13.9. The summed E-state index contributed by atoms with van der Waals surface area (Å²) in [5.41, 5.74) is 1.05. The molecule has 0 radical (unpaired) electrons. The molecule has 2 fully saturated rings. The van der Waals surface area contributed by atoms with E-state index in [1.807, 2.05) is 25.1 Å². The molecule has 3 aliphatic rings. The van der Waals surface area contributed by atoms with Gasteiger partial charge in [0.2, 0.25) is 11.3 Å².